The molecular weight excluding hydrogens is 576 g/mol. The Balaban J connectivity index is 0.00000306. The minimum Gasteiger partial charge on any atom is -0.504 e. The molecule has 0 unspecified atom stereocenters. The van der Waals surface area contributed by atoms with Crippen LogP contribution in [0.1, 0.15) is 56.6 Å². The molecule has 0 bridgehead atoms. The molecule has 0 spiro atoms. The third-order valence-corrected chi connectivity index (χ3v) is 6.73. The van der Waals surface area contributed by atoms with Gasteiger partial charge in [0.1, 0.15) is 0 Å². The molecular formula is C27H42Br2N2O4. The summed E-state index contributed by atoms with van der Waals surface area (Å²) in [7, 11) is 0. The number of likely N-dealkylation sites (tertiary alicyclic amines) is 1. The summed E-state index contributed by atoms with van der Waals surface area (Å²) >= 11 is 0. The van der Waals surface area contributed by atoms with Crippen molar-refractivity contribution in [2.75, 3.05) is 32.7 Å². The molecule has 35 heavy (non-hydrogen) atoms. The van der Waals surface area contributed by atoms with Gasteiger partial charge in [-0.05, 0) is 107 Å². The van der Waals surface area contributed by atoms with Crippen LogP contribution < -0.4 is 0 Å². The first kappa shape index (κ1) is 31.5. The summed E-state index contributed by atoms with van der Waals surface area (Å²) in [5.74, 6) is -0.196. The molecule has 2 aromatic carbocycles. The van der Waals surface area contributed by atoms with Crippen molar-refractivity contribution in [3.05, 3.63) is 47.5 Å². The Morgan fingerprint density at radius 2 is 1.46 bits per heavy atom. The smallest absolute Gasteiger partial charge is 0.157 e. The number of hydrogen-bond acceptors (Lipinski definition) is 6. The second-order valence-corrected chi connectivity index (χ2v) is 9.33. The van der Waals surface area contributed by atoms with Gasteiger partial charge in [-0.25, -0.2) is 0 Å². The number of aromatic hydroxyl groups is 4. The highest BCUT2D eigenvalue weighted by Crippen LogP contribution is 2.28. The van der Waals surface area contributed by atoms with Crippen LogP contribution in [0.4, 0.5) is 0 Å². The molecule has 3 rings (SSSR count). The van der Waals surface area contributed by atoms with E-state index in [1.807, 2.05) is 12.1 Å². The summed E-state index contributed by atoms with van der Waals surface area (Å²) < 4.78 is 0. The number of hydrogen-bond donors (Lipinski definition) is 4. The van der Waals surface area contributed by atoms with Gasteiger partial charge in [0, 0.05) is 12.6 Å². The van der Waals surface area contributed by atoms with E-state index in [-0.39, 0.29) is 57.0 Å². The average Bonchev–Trinajstić information content (AvgIpc) is 3.23. The lowest BCUT2D eigenvalue weighted by Gasteiger charge is -2.25. The van der Waals surface area contributed by atoms with E-state index in [1.54, 1.807) is 24.3 Å². The summed E-state index contributed by atoms with van der Waals surface area (Å²) in [6, 6.07) is 10.8. The number of unbranched alkanes of at least 4 members (excludes halogenated alkanes) is 2. The molecule has 1 heterocycles. The Hall–Kier alpha value is -1.48. The fourth-order valence-corrected chi connectivity index (χ4v) is 4.88. The average molecular weight is 618 g/mol. The summed E-state index contributed by atoms with van der Waals surface area (Å²) in [5, 5.41) is 38.5. The van der Waals surface area contributed by atoms with Crippen molar-refractivity contribution in [2.24, 2.45) is 0 Å². The van der Waals surface area contributed by atoms with Crippen molar-refractivity contribution in [1.29, 1.82) is 0 Å². The molecule has 1 atom stereocenters. The van der Waals surface area contributed by atoms with Crippen molar-refractivity contribution in [3.63, 3.8) is 0 Å². The zero-order chi connectivity index (χ0) is 23.6. The maximum absolute atomic E-state index is 9.76. The Bertz CT molecular complexity index is 884. The third kappa shape index (κ3) is 10.2. The van der Waals surface area contributed by atoms with Crippen LogP contribution in [0.3, 0.4) is 0 Å². The van der Waals surface area contributed by atoms with Gasteiger partial charge >= 0.3 is 0 Å². The van der Waals surface area contributed by atoms with Crippen LogP contribution in [0.25, 0.3) is 0 Å². The van der Waals surface area contributed by atoms with E-state index in [0.717, 1.165) is 63.1 Å². The lowest BCUT2D eigenvalue weighted by atomic mass is 10.0. The van der Waals surface area contributed by atoms with E-state index in [2.05, 4.69) is 16.7 Å². The molecule has 1 aliphatic heterocycles. The Morgan fingerprint density at radius 3 is 2.11 bits per heavy atom. The van der Waals surface area contributed by atoms with E-state index >= 15 is 0 Å². The van der Waals surface area contributed by atoms with Crippen LogP contribution in [-0.4, -0.2) is 69.0 Å². The quantitative estimate of drug-likeness (QED) is 0.168. The SMILES string of the molecule is Br.Br.CCCN(CCCCCN1CCC[C@@H]1Cc1ccc(O)c(O)c1)CCc1ccc(O)c(O)c1. The zero-order valence-corrected chi connectivity index (χ0v) is 24.2. The van der Waals surface area contributed by atoms with Crippen LogP contribution in [0.2, 0.25) is 0 Å². The van der Waals surface area contributed by atoms with E-state index < -0.39 is 0 Å². The molecule has 4 N–H and O–H groups in total. The van der Waals surface area contributed by atoms with Crippen LogP contribution in [-0.2, 0) is 12.8 Å². The van der Waals surface area contributed by atoms with Gasteiger partial charge in [-0.1, -0.05) is 25.5 Å². The molecule has 0 aromatic heterocycles. The van der Waals surface area contributed by atoms with Crippen molar-refractivity contribution >= 4 is 34.0 Å². The molecule has 8 heteroatoms. The number of phenols is 4. The summed E-state index contributed by atoms with van der Waals surface area (Å²) in [6.07, 6.45) is 8.94. The standard InChI is InChI=1S/C27H40N2O4.2BrH/c1-2-13-28(17-12-21-8-10-24(30)26(32)19-21)14-4-3-5-15-29-16-6-7-23(29)18-22-9-11-25(31)27(33)20-22;;/h8-11,19-20,23,30-33H,2-7,12-18H2,1H3;2*1H/t23-;;/m1../s1. The van der Waals surface area contributed by atoms with Crippen LogP contribution in [0, 0.1) is 0 Å². The highest BCUT2D eigenvalue weighted by Gasteiger charge is 2.24. The predicted molar refractivity (Wildman–Crippen MR) is 153 cm³/mol. The van der Waals surface area contributed by atoms with Gasteiger partial charge in [-0.15, -0.1) is 34.0 Å². The summed E-state index contributed by atoms with van der Waals surface area (Å²) in [5.41, 5.74) is 2.13. The van der Waals surface area contributed by atoms with Crippen LogP contribution >= 0.6 is 34.0 Å². The van der Waals surface area contributed by atoms with Gasteiger partial charge in [-0.3, -0.25) is 0 Å². The second-order valence-electron chi connectivity index (χ2n) is 9.33. The predicted octanol–water partition coefficient (Wildman–Crippen LogP) is 5.80. The maximum atomic E-state index is 9.76. The van der Waals surface area contributed by atoms with Gasteiger partial charge in [0.2, 0.25) is 0 Å². The van der Waals surface area contributed by atoms with E-state index in [4.69, 9.17) is 0 Å². The van der Waals surface area contributed by atoms with Gasteiger partial charge in [0.25, 0.3) is 0 Å². The highest BCUT2D eigenvalue weighted by atomic mass is 79.9. The topological polar surface area (TPSA) is 87.4 Å². The molecule has 0 saturated carbocycles. The monoisotopic (exact) mass is 616 g/mol. The van der Waals surface area contributed by atoms with E-state index in [1.165, 1.54) is 32.1 Å². The zero-order valence-electron chi connectivity index (χ0n) is 20.7. The number of rotatable bonds is 13. The molecule has 1 saturated heterocycles. The first-order chi connectivity index (χ1) is 16.0. The van der Waals surface area contributed by atoms with E-state index in [0.29, 0.717) is 6.04 Å². The van der Waals surface area contributed by atoms with Gasteiger partial charge in [0.05, 0.1) is 0 Å². The van der Waals surface area contributed by atoms with Crippen LogP contribution in [0.15, 0.2) is 36.4 Å². The molecule has 0 radical (unpaired) electrons. The van der Waals surface area contributed by atoms with Crippen LogP contribution in [0.5, 0.6) is 23.0 Å². The van der Waals surface area contributed by atoms with Crippen molar-refractivity contribution < 1.29 is 20.4 Å². The second kappa shape index (κ2) is 16.3. The molecule has 2 aromatic rings. The van der Waals surface area contributed by atoms with Gasteiger partial charge in [0.15, 0.2) is 23.0 Å². The number of benzene rings is 2. The minimum absolute atomic E-state index is 0. The molecule has 1 fully saturated rings. The molecule has 0 amide bonds. The number of halogens is 2. The number of phenolic OH excluding ortho intramolecular Hbond substituents is 4. The third-order valence-electron chi connectivity index (χ3n) is 6.73. The number of nitrogens with zero attached hydrogens (tertiary/aromatic N) is 2. The maximum Gasteiger partial charge on any atom is 0.157 e. The van der Waals surface area contributed by atoms with Gasteiger partial charge < -0.3 is 30.2 Å². The molecule has 6 nitrogen and oxygen atoms in total. The van der Waals surface area contributed by atoms with Crippen molar-refractivity contribution in [2.45, 2.75) is 64.3 Å². The molecule has 198 valence electrons. The lowest BCUT2D eigenvalue weighted by Crippen LogP contribution is -2.32. The van der Waals surface area contributed by atoms with Gasteiger partial charge in [-0.2, -0.15) is 0 Å². The fraction of sp³-hybridized carbons (Fsp3) is 0.556. The normalized spacial score (nSPS) is 15.7. The Labute approximate surface area is 231 Å². The van der Waals surface area contributed by atoms with E-state index in [9.17, 15) is 20.4 Å². The highest BCUT2D eigenvalue weighted by molar-refractivity contribution is 8.93. The molecule has 0 aliphatic carbocycles. The largest absolute Gasteiger partial charge is 0.504 e. The Kier molecular flexibility index (Phi) is 14.7. The lowest BCUT2D eigenvalue weighted by molar-refractivity contribution is 0.238. The first-order valence-electron chi connectivity index (χ1n) is 12.4. The van der Waals surface area contributed by atoms with Crippen molar-refractivity contribution in [3.8, 4) is 23.0 Å². The first-order valence-corrected chi connectivity index (χ1v) is 12.4. The Morgan fingerprint density at radius 1 is 0.800 bits per heavy atom. The minimum atomic E-state index is -0.0642. The molecule has 1 aliphatic rings. The summed E-state index contributed by atoms with van der Waals surface area (Å²) in [6.45, 7) is 7.61. The fourth-order valence-electron chi connectivity index (χ4n) is 4.88. The summed E-state index contributed by atoms with van der Waals surface area (Å²) in [4.78, 5) is 5.09. The van der Waals surface area contributed by atoms with Crippen molar-refractivity contribution in [1.82, 2.24) is 9.80 Å².